The highest BCUT2D eigenvalue weighted by Gasteiger charge is 2.10. The molecule has 0 bridgehead atoms. The molecule has 0 radical (unpaired) electrons. The Labute approximate surface area is 137 Å². The summed E-state index contributed by atoms with van der Waals surface area (Å²) >= 11 is 0. The first kappa shape index (κ1) is 16.5. The molecule has 2 aromatic carbocycles. The second kappa shape index (κ2) is 7.43. The fourth-order valence-electron chi connectivity index (χ4n) is 2.65. The minimum Gasteiger partial charge on any atom is -0.326 e. The summed E-state index contributed by atoms with van der Waals surface area (Å²) in [6, 6.07) is 14.3. The van der Waals surface area contributed by atoms with Crippen LogP contribution in [-0.4, -0.2) is 12.5 Å². The molecule has 116 valence electrons. The van der Waals surface area contributed by atoms with Gasteiger partial charge in [-0.15, -0.1) is 12.4 Å². The van der Waals surface area contributed by atoms with E-state index in [1.807, 2.05) is 37.3 Å². The van der Waals surface area contributed by atoms with Gasteiger partial charge in [0.25, 0.3) is 0 Å². The molecule has 1 aliphatic heterocycles. The molecule has 0 unspecified atom stereocenters. The molecule has 0 aromatic heterocycles. The maximum absolute atomic E-state index is 12.1. The summed E-state index contributed by atoms with van der Waals surface area (Å²) in [5.74, 6) is 0.0302. The molecule has 0 saturated carbocycles. The number of carbonyl (C=O) groups is 1. The Hall–Kier alpha value is -1.84. The maximum atomic E-state index is 12.1. The summed E-state index contributed by atoms with van der Waals surface area (Å²) in [5, 5.41) is 6.34. The van der Waals surface area contributed by atoms with Crippen molar-refractivity contribution in [1.82, 2.24) is 5.32 Å². The Morgan fingerprint density at radius 1 is 1.14 bits per heavy atom. The van der Waals surface area contributed by atoms with Crippen LogP contribution in [0.2, 0.25) is 0 Å². The molecular weight excluding hydrogens is 296 g/mol. The van der Waals surface area contributed by atoms with Crippen molar-refractivity contribution in [2.45, 2.75) is 26.3 Å². The van der Waals surface area contributed by atoms with Gasteiger partial charge in [-0.1, -0.05) is 35.9 Å². The molecule has 2 N–H and O–H groups in total. The lowest BCUT2D eigenvalue weighted by molar-refractivity contribution is -0.115. The molecule has 3 rings (SSSR count). The Kier molecular flexibility index (Phi) is 5.58. The summed E-state index contributed by atoms with van der Waals surface area (Å²) < 4.78 is 0. The quantitative estimate of drug-likeness (QED) is 0.912. The van der Waals surface area contributed by atoms with Gasteiger partial charge < -0.3 is 10.6 Å². The number of aryl methyl sites for hydroxylation is 1. The number of hydrogen-bond acceptors (Lipinski definition) is 2. The third-order valence-electron chi connectivity index (χ3n) is 3.86. The standard InChI is InChI=1S/C18H20N2O.ClH/c1-13-2-4-14(5-3-13)10-18(21)20-17-7-6-15-8-9-19-12-16(15)11-17;/h2-7,11,19H,8-10,12H2,1H3,(H,20,21);1H. The van der Waals surface area contributed by atoms with E-state index in [0.717, 1.165) is 30.8 Å². The molecule has 0 fully saturated rings. The summed E-state index contributed by atoms with van der Waals surface area (Å²) in [4.78, 5) is 12.1. The van der Waals surface area contributed by atoms with E-state index in [1.165, 1.54) is 16.7 Å². The van der Waals surface area contributed by atoms with Crippen LogP contribution in [0.3, 0.4) is 0 Å². The van der Waals surface area contributed by atoms with E-state index < -0.39 is 0 Å². The topological polar surface area (TPSA) is 41.1 Å². The molecular formula is C18H21ClN2O. The number of benzene rings is 2. The number of anilines is 1. The van der Waals surface area contributed by atoms with Crippen LogP contribution in [-0.2, 0) is 24.2 Å². The van der Waals surface area contributed by atoms with E-state index in [9.17, 15) is 4.79 Å². The van der Waals surface area contributed by atoms with E-state index >= 15 is 0 Å². The van der Waals surface area contributed by atoms with Crippen LogP contribution >= 0.6 is 12.4 Å². The van der Waals surface area contributed by atoms with Gasteiger partial charge in [-0.05, 0) is 48.7 Å². The minimum absolute atomic E-state index is 0. The molecule has 0 spiro atoms. The van der Waals surface area contributed by atoms with Crippen LogP contribution in [0.4, 0.5) is 5.69 Å². The van der Waals surface area contributed by atoms with Crippen LogP contribution in [0.5, 0.6) is 0 Å². The first-order chi connectivity index (χ1) is 10.2. The van der Waals surface area contributed by atoms with Crippen LogP contribution in [0.1, 0.15) is 22.3 Å². The lowest BCUT2D eigenvalue weighted by atomic mass is 10.0. The van der Waals surface area contributed by atoms with Crippen molar-refractivity contribution in [2.75, 3.05) is 11.9 Å². The highest BCUT2D eigenvalue weighted by Crippen LogP contribution is 2.19. The summed E-state index contributed by atoms with van der Waals surface area (Å²) in [6.07, 6.45) is 1.47. The third kappa shape index (κ3) is 4.09. The number of nitrogens with one attached hydrogen (secondary N) is 2. The molecule has 1 aliphatic rings. The fraction of sp³-hybridized carbons (Fsp3) is 0.278. The Balaban J connectivity index is 0.00000176. The Morgan fingerprint density at radius 3 is 2.68 bits per heavy atom. The van der Waals surface area contributed by atoms with E-state index in [0.29, 0.717) is 6.42 Å². The van der Waals surface area contributed by atoms with Crippen LogP contribution in [0.15, 0.2) is 42.5 Å². The Bertz CT molecular complexity index is 653. The van der Waals surface area contributed by atoms with E-state index in [-0.39, 0.29) is 18.3 Å². The third-order valence-corrected chi connectivity index (χ3v) is 3.86. The normalized spacial score (nSPS) is 13.0. The van der Waals surface area contributed by atoms with Crippen molar-refractivity contribution < 1.29 is 4.79 Å². The molecule has 1 amide bonds. The fourth-order valence-corrected chi connectivity index (χ4v) is 2.65. The van der Waals surface area contributed by atoms with Crippen molar-refractivity contribution in [3.8, 4) is 0 Å². The predicted molar refractivity (Wildman–Crippen MR) is 92.6 cm³/mol. The van der Waals surface area contributed by atoms with E-state index in [1.54, 1.807) is 0 Å². The smallest absolute Gasteiger partial charge is 0.228 e. The lowest BCUT2D eigenvalue weighted by Crippen LogP contribution is -2.24. The first-order valence-electron chi connectivity index (χ1n) is 7.38. The second-order valence-electron chi connectivity index (χ2n) is 5.62. The van der Waals surface area contributed by atoms with Gasteiger partial charge in [0.15, 0.2) is 0 Å². The number of carbonyl (C=O) groups excluding carboxylic acids is 1. The van der Waals surface area contributed by atoms with Gasteiger partial charge in [0.2, 0.25) is 5.91 Å². The van der Waals surface area contributed by atoms with Crippen molar-refractivity contribution in [2.24, 2.45) is 0 Å². The van der Waals surface area contributed by atoms with Crippen LogP contribution in [0.25, 0.3) is 0 Å². The highest BCUT2D eigenvalue weighted by molar-refractivity contribution is 5.92. The molecule has 0 saturated heterocycles. The average molecular weight is 317 g/mol. The number of amides is 1. The van der Waals surface area contributed by atoms with Crippen molar-refractivity contribution in [1.29, 1.82) is 0 Å². The predicted octanol–water partition coefficient (Wildman–Crippen LogP) is 3.24. The summed E-state index contributed by atoms with van der Waals surface area (Å²) in [5.41, 5.74) is 5.80. The number of fused-ring (bicyclic) bond motifs is 1. The van der Waals surface area contributed by atoms with Crippen molar-refractivity contribution in [3.05, 3.63) is 64.7 Å². The van der Waals surface area contributed by atoms with Gasteiger partial charge in [-0.2, -0.15) is 0 Å². The molecule has 3 nitrogen and oxygen atoms in total. The summed E-state index contributed by atoms with van der Waals surface area (Å²) in [7, 11) is 0. The zero-order chi connectivity index (χ0) is 14.7. The maximum Gasteiger partial charge on any atom is 0.228 e. The van der Waals surface area contributed by atoms with E-state index in [2.05, 4.69) is 22.8 Å². The SMILES string of the molecule is Cc1ccc(CC(=O)Nc2ccc3c(c2)CNCC3)cc1.Cl. The van der Waals surface area contributed by atoms with Gasteiger partial charge in [-0.25, -0.2) is 0 Å². The van der Waals surface area contributed by atoms with Crippen molar-refractivity contribution in [3.63, 3.8) is 0 Å². The molecule has 22 heavy (non-hydrogen) atoms. The van der Waals surface area contributed by atoms with Gasteiger partial charge in [0, 0.05) is 12.2 Å². The van der Waals surface area contributed by atoms with E-state index in [4.69, 9.17) is 0 Å². The summed E-state index contributed by atoms with van der Waals surface area (Å²) in [6.45, 7) is 3.97. The van der Waals surface area contributed by atoms with Gasteiger partial charge in [0.1, 0.15) is 0 Å². The zero-order valence-corrected chi connectivity index (χ0v) is 13.5. The zero-order valence-electron chi connectivity index (χ0n) is 12.7. The second-order valence-corrected chi connectivity index (χ2v) is 5.62. The molecule has 1 heterocycles. The van der Waals surface area contributed by atoms with Gasteiger partial charge >= 0.3 is 0 Å². The molecule has 4 heteroatoms. The number of rotatable bonds is 3. The molecule has 0 aliphatic carbocycles. The number of halogens is 1. The highest BCUT2D eigenvalue weighted by atomic mass is 35.5. The average Bonchev–Trinajstić information content (AvgIpc) is 2.49. The van der Waals surface area contributed by atoms with Gasteiger partial charge in [-0.3, -0.25) is 4.79 Å². The molecule has 0 atom stereocenters. The Morgan fingerprint density at radius 2 is 1.91 bits per heavy atom. The first-order valence-corrected chi connectivity index (χ1v) is 7.38. The molecule has 2 aromatic rings. The minimum atomic E-state index is 0. The van der Waals surface area contributed by atoms with Crippen LogP contribution < -0.4 is 10.6 Å². The largest absolute Gasteiger partial charge is 0.326 e. The van der Waals surface area contributed by atoms with Gasteiger partial charge in [0.05, 0.1) is 6.42 Å². The van der Waals surface area contributed by atoms with Crippen LogP contribution in [0, 0.1) is 6.92 Å². The lowest BCUT2D eigenvalue weighted by Gasteiger charge is -2.18. The van der Waals surface area contributed by atoms with Crippen molar-refractivity contribution >= 4 is 24.0 Å². The monoisotopic (exact) mass is 316 g/mol. The number of hydrogen-bond donors (Lipinski definition) is 2.